The zero-order valence-electron chi connectivity index (χ0n) is 13.9. The summed E-state index contributed by atoms with van der Waals surface area (Å²) < 4.78 is 19.0. The summed E-state index contributed by atoms with van der Waals surface area (Å²) >= 11 is 0. The van der Waals surface area contributed by atoms with Gasteiger partial charge in [0.1, 0.15) is 17.7 Å². The smallest absolute Gasteiger partial charge is 0.336 e. The summed E-state index contributed by atoms with van der Waals surface area (Å²) in [6, 6.07) is 15.1. The highest BCUT2D eigenvalue weighted by Crippen LogP contribution is 2.28. The molecule has 132 valence electrons. The largest absolute Gasteiger partial charge is 0.478 e. The number of carbonyl (C=O) groups is 1. The molecule has 1 fully saturated rings. The number of carboxylic acid groups (broad SMARTS) is 1. The van der Waals surface area contributed by atoms with Gasteiger partial charge in [0.2, 0.25) is 0 Å². The summed E-state index contributed by atoms with van der Waals surface area (Å²) in [5.74, 6) is -0.659. The number of fused-ring (bicyclic) bond motifs is 1. The van der Waals surface area contributed by atoms with E-state index in [1.54, 1.807) is 30.3 Å². The molecule has 4 rings (SSSR count). The van der Waals surface area contributed by atoms with Gasteiger partial charge in [0.25, 0.3) is 0 Å². The number of rotatable bonds is 3. The molecule has 0 bridgehead atoms. The van der Waals surface area contributed by atoms with Crippen LogP contribution in [0.25, 0.3) is 10.9 Å². The molecule has 6 heteroatoms. The van der Waals surface area contributed by atoms with E-state index in [9.17, 15) is 14.3 Å². The van der Waals surface area contributed by atoms with E-state index in [1.807, 2.05) is 17.0 Å². The number of ether oxygens (including phenoxy) is 1. The molecular formula is C20H17FN2O3. The van der Waals surface area contributed by atoms with Crippen molar-refractivity contribution >= 4 is 22.7 Å². The molecule has 2 aromatic carbocycles. The van der Waals surface area contributed by atoms with Crippen molar-refractivity contribution in [1.29, 1.82) is 0 Å². The van der Waals surface area contributed by atoms with Gasteiger partial charge in [-0.1, -0.05) is 30.3 Å². The number of halogens is 1. The van der Waals surface area contributed by atoms with Gasteiger partial charge in [-0.05, 0) is 29.8 Å². The SMILES string of the molecule is O=C(O)c1cc(N2CCO[C@@H](c3ccc(F)cc3)C2)nc2ccccc12. The number of anilines is 1. The van der Waals surface area contributed by atoms with Crippen LogP contribution in [0.5, 0.6) is 0 Å². The third-order valence-corrected chi connectivity index (χ3v) is 4.57. The lowest BCUT2D eigenvalue weighted by atomic mass is 10.1. The first-order valence-corrected chi connectivity index (χ1v) is 8.37. The summed E-state index contributed by atoms with van der Waals surface area (Å²) in [6.45, 7) is 1.62. The fourth-order valence-corrected chi connectivity index (χ4v) is 3.24. The van der Waals surface area contributed by atoms with Gasteiger partial charge in [-0.25, -0.2) is 14.2 Å². The predicted molar refractivity (Wildman–Crippen MR) is 96.0 cm³/mol. The van der Waals surface area contributed by atoms with E-state index < -0.39 is 5.97 Å². The number of hydrogen-bond donors (Lipinski definition) is 1. The fraction of sp³-hybridized carbons (Fsp3) is 0.200. The summed E-state index contributed by atoms with van der Waals surface area (Å²) in [6.07, 6.45) is -0.217. The molecule has 2 heterocycles. The highest BCUT2D eigenvalue weighted by Gasteiger charge is 2.24. The molecule has 3 aromatic rings. The highest BCUT2D eigenvalue weighted by molar-refractivity contribution is 6.03. The highest BCUT2D eigenvalue weighted by atomic mass is 19.1. The number of nitrogens with zero attached hydrogens (tertiary/aromatic N) is 2. The number of aromatic carboxylic acids is 1. The van der Waals surface area contributed by atoms with Gasteiger partial charge in [-0.15, -0.1) is 0 Å². The van der Waals surface area contributed by atoms with E-state index in [-0.39, 0.29) is 17.5 Å². The lowest BCUT2D eigenvalue weighted by Gasteiger charge is -2.34. The van der Waals surface area contributed by atoms with Crippen LogP contribution in [0.4, 0.5) is 10.2 Å². The van der Waals surface area contributed by atoms with Gasteiger partial charge < -0.3 is 14.7 Å². The van der Waals surface area contributed by atoms with Crippen molar-refractivity contribution in [2.45, 2.75) is 6.10 Å². The average Bonchev–Trinajstić information content (AvgIpc) is 2.67. The van der Waals surface area contributed by atoms with Crippen LogP contribution in [0.3, 0.4) is 0 Å². The van der Waals surface area contributed by atoms with Crippen molar-refractivity contribution in [2.75, 3.05) is 24.6 Å². The van der Waals surface area contributed by atoms with Gasteiger partial charge in [0, 0.05) is 18.5 Å². The van der Waals surface area contributed by atoms with Crippen LogP contribution >= 0.6 is 0 Å². The number of para-hydroxylation sites is 1. The normalized spacial score (nSPS) is 17.4. The molecule has 5 nitrogen and oxygen atoms in total. The van der Waals surface area contributed by atoms with Crippen LogP contribution in [0.2, 0.25) is 0 Å². The lowest BCUT2D eigenvalue weighted by molar-refractivity contribution is 0.0395. The van der Waals surface area contributed by atoms with E-state index in [0.29, 0.717) is 36.4 Å². The molecular weight excluding hydrogens is 335 g/mol. The Morgan fingerprint density at radius 2 is 1.96 bits per heavy atom. The molecule has 0 spiro atoms. The van der Waals surface area contributed by atoms with E-state index in [4.69, 9.17) is 4.74 Å². The first-order chi connectivity index (χ1) is 12.6. The third-order valence-electron chi connectivity index (χ3n) is 4.57. The van der Waals surface area contributed by atoms with Gasteiger partial charge in [-0.3, -0.25) is 0 Å². The monoisotopic (exact) mass is 352 g/mol. The van der Waals surface area contributed by atoms with Crippen molar-refractivity contribution < 1.29 is 19.0 Å². The van der Waals surface area contributed by atoms with Gasteiger partial charge in [-0.2, -0.15) is 0 Å². The van der Waals surface area contributed by atoms with Crippen LogP contribution in [0.15, 0.2) is 54.6 Å². The zero-order chi connectivity index (χ0) is 18.1. The maximum absolute atomic E-state index is 13.1. The van der Waals surface area contributed by atoms with Crippen molar-refractivity contribution in [3.8, 4) is 0 Å². The Labute approximate surface area is 149 Å². The predicted octanol–water partition coefficient (Wildman–Crippen LogP) is 3.65. The molecule has 1 aliphatic heterocycles. The van der Waals surface area contributed by atoms with E-state index >= 15 is 0 Å². The minimum absolute atomic E-state index is 0.217. The summed E-state index contributed by atoms with van der Waals surface area (Å²) in [7, 11) is 0. The molecule has 0 amide bonds. The van der Waals surface area contributed by atoms with Gasteiger partial charge >= 0.3 is 5.97 Å². The van der Waals surface area contributed by atoms with Crippen LogP contribution in [-0.2, 0) is 4.74 Å². The lowest BCUT2D eigenvalue weighted by Crippen LogP contribution is -2.39. The van der Waals surface area contributed by atoms with Crippen molar-refractivity contribution in [3.05, 3.63) is 71.5 Å². The average molecular weight is 352 g/mol. The number of carboxylic acids is 1. The first-order valence-electron chi connectivity index (χ1n) is 8.37. The summed E-state index contributed by atoms with van der Waals surface area (Å²) in [4.78, 5) is 18.3. The number of morpholine rings is 1. The van der Waals surface area contributed by atoms with Crippen molar-refractivity contribution in [3.63, 3.8) is 0 Å². The maximum Gasteiger partial charge on any atom is 0.336 e. The molecule has 1 saturated heterocycles. The zero-order valence-corrected chi connectivity index (χ0v) is 13.9. The van der Waals surface area contributed by atoms with Crippen LogP contribution in [-0.4, -0.2) is 35.8 Å². The van der Waals surface area contributed by atoms with Gasteiger partial charge in [0.15, 0.2) is 0 Å². The van der Waals surface area contributed by atoms with Crippen LogP contribution in [0.1, 0.15) is 22.0 Å². The quantitative estimate of drug-likeness (QED) is 0.780. The number of hydrogen-bond acceptors (Lipinski definition) is 4. The van der Waals surface area contributed by atoms with E-state index in [2.05, 4.69) is 4.98 Å². The minimum Gasteiger partial charge on any atom is -0.478 e. The summed E-state index contributed by atoms with van der Waals surface area (Å²) in [5.41, 5.74) is 1.76. The Morgan fingerprint density at radius 3 is 2.73 bits per heavy atom. The topological polar surface area (TPSA) is 62.7 Å². The second kappa shape index (κ2) is 6.72. The third kappa shape index (κ3) is 3.11. The first kappa shape index (κ1) is 16.5. The fourth-order valence-electron chi connectivity index (χ4n) is 3.24. The van der Waals surface area contributed by atoms with E-state index in [1.165, 1.54) is 12.1 Å². The molecule has 0 radical (unpaired) electrons. The van der Waals surface area contributed by atoms with Crippen molar-refractivity contribution in [2.24, 2.45) is 0 Å². The van der Waals surface area contributed by atoms with Crippen LogP contribution in [0, 0.1) is 5.82 Å². The Kier molecular flexibility index (Phi) is 4.26. The number of pyridine rings is 1. The number of aromatic nitrogens is 1. The second-order valence-electron chi connectivity index (χ2n) is 6.21. The molecule has 0 unspecified atom stereocenters. The summed E-state index contributed by atoms with van der Waals surface area (Å²) in [5, 5.41) is 10.2. The molecule has 1 aromatic heterocycles. The van der Waals surface area contributed by atoms with Gasteiger partial charge in [0.05, 0.1) is 17.7 Å². The molecule has 1 N–H and O–H groups in total. The van der Waals surface area contributed by atoms with Crippen molar-refractivity contribution in [1.82, 2.24) is 4.98 Å². The van der Waals surface area contributed by atoms with E-state index in [0.717, 1.165) is 5.56 Å². The minimum atomic E-state index is -0.979. The second-order valence-corrected chi connectivity index (χ2v) is 6.21. The Balaban J connectivity index is 1.68. The molecule has 0 aliphatic carbocycles. The molecule has 1 atom stereocenters. The Bertz CT molecular complexity index is 959. The van der Waals surface area contributed by atoms with Crippen LogP contribution < -0.4 is 4.90 Å². The maximum atomic E-state index is 13.1. The Hall–Kier alpha value is -2.99. The number of benzene rings is 2. The molecule has 26 heavy (non-hydrogen) atoms. The molecule has 1 aliphatic rings. The Morgan fingerprint density at radius 1 is 1.19 bits per heavy atom. The standard InChI is InChI=1S/C20H17FN2O3/c21-14-7-5-13(6-8-14)18-12-23(9-10-26-18)19-11-16(20(24)25)15-3-1-2-4-17(15)22-19/h1-8,11,18H,9-10,12H2,(H,24,25)/t18-/m1/s1. The molecule has 0 saturated carbocycles.